The molecule has 0 aliphatic carbocycles. The Morgan fingerprint density at radius 3 is 2.53 bits per heavy atom. The van der Waals surface area contributed by atoms with E-state index >= 15 is 0 Å². The van der Waals surface area contributed by atoms with Crippen molar-refractivity contribution in [1.29, 1.82) is 0 Å². The summed E-state index contributed by atoms with van der Waals surface area (Å²) in [5.74, 6) is 0.713. The van der Waals surface area contributed by atoms with Crippen molar-refractivity contribution >= 4 is 21.7 Å². The van der Waals surface area contributed by atoms with Crippen LogP contribution in [0, 0.1) is 5.82 Å². The van der Waals surface area contributed by atoms with Crippen LogP contribution in [-0.2, 0) is 16.6 Å². The van der Waals surface area contributed by atoms with Crippen molar-refractivity contribution in [1.82, 2.24) is 24.9 Å². The first-order chi connectivity index (χ1) is 15.3. The number of hydrogen-bond donors (Lipinski definition) is 1. The van der Waals surface area contributed by atoms with E-state index in [4.69, 9.17) is 0 Å². The Labute approximate surface area is 186 Å². The van der Waals surface area contributed by atoms with Gasteiger partial charge in [0.25, 0.3) is 0 Å². The molecule has 2 aromatic heterocycles. The molecule has 0 bridgehead atoms. The monoisotopic (exact) mass is 459 g/mol. The van der Waals surface area contributed by atoms with Gasteiger partial charge in [-0.2, -0.15) is 0 Å². The highest BCUT2D eigenvalue weighted by Gasteiger charge is 2.21. The third-order valence-corrected chi connectivity index (χ3v) is 7.06. The van der Waals surface area contributed by atoms with Crippen molar-refractivity contribution in [2.45, 2.75) is 25.6 Å². The van der Waals surface area contributed by atoms with Gasteiger partial charge < -0.3 is 4.90 Å². The quantitative estimate of drug-likeness (QED) is 0.579. The van der Waals surface area contributed by atoms with Gasteiger partial charge in [-0.3, -0.25) is 9.62 Å². The average Bonchev–Trinajstić information content (AvgIpc) is 3.22. The van der Waals surface area contributed by atoms with E-state index in [1.54, 1.807) is 50.4 Å². The lowest BCUT2D eigenvalue weighted by molar-refractivity contribution is 0.246. The third-order valence-electron chi connectivity index (χ3n) is 5.32. The minimum absolute atomic E-state index is 0.323. The number of para-hydroxylation sites is 1. The molecule has 32 heavy (non-hydrogen) atoms. The van der Waals surface area contributed by atoms with E-state index in [0.717, 1.165) is 37.7 Å². The summed E-state index contributed by atoms with van der Waals surface area (Å²) < 4.78 is 42.2. The molecule has 0 atom stereocenters. The Bertz CT molecular complexity index is 1170. The summed E-state index contributed by atoms with van der Waals surface area (Å²) in [6.45, 7) is 6.93. The van der Waals surface area contributed by atoms with Crippen LogP contribution in [0.2, 0.25) is 0 Å². The Morgan fingerprint density at radius 2 is 1.81 bits per heavy atom. The lowest BCUT2D eigenvalue weighted by Crippen LogP contribution is -2.46. The highest BCUT2D eigenvalue weighted by molar-refractivity contribution is 7.93. The normalized spacial score (nSPS) is 15.3. The zero-order valence-electron chi connectivity index (χ0n) is 18.0. The molecule has 0 saturated carbocycles. The molecule has 1 N–H and O–H groups in total. The van der Waals surface area contributed by atoms with Crippen LogP contribution in [0.3, 0.4) is 0 Å². The number of aromatic nitrogens is 4. The summed E-state index contributed by atoms with van der Waals surface area (Å²) in [5.41, 5.74) is 1.14. The van der Waals surface area contributed by atoms with Gasteiger partial charge in [-0.05, 0) is 38.1 Å². The van der Waals surface area contributed by atoms with Crippen LogP contribution in [0.5, 0.6) is 0 Å². The summed E-state index contributed by atoms with van der Waals surface area (Å²) in [6, 6.07) is 11.8. The second kappa shape index (κ2) is 9.21. The fourth-order valence-electron chi connectivity index (χ4n) is 3.41. The zero-order chi connectivity index (χ0) is 22.7. The van der Waals surface area contributed by atoms with Gasteiger partial charge in [0.1, 0.15) is 23.1 Å². The predicted molar refractivity (Wildman–Crippen MR) is 121 cm³/mol. The fourth-order valence-corrected chi connectivity index (χ4v) is 4.05. The summed E-state index contributed by atoms with van der Waals surface area (Å²) >= 11 is 0. The van der Waals surface area contributed by atoms with Crippen LogP contribution in [0.15, 0.2) is 48.7 Å². The van der Waals surface area contributed by atoms with Crippen molar-refractivity contribution in [3.63, 3.8) is 0 Å². The summed E-state index contributed by atoms with van der Waals surface area (Å²) in [5, 5.41) is 7.69. The fraction of sp³-hybridized carbons (Fsp3) is 0.381. The topological polar surface area (TPSA) is 96.2 Å². The molecule has 3 heterocycles. The molecule has 1 saturated heterocycles. The molecule has 9 nitrogen and oxygen atoms in total. The second-order valence-electron chi connectivity index (χ2n) is 7.95. The van der Waals surface area contributed by atoms with E-state index in [-0.39, 0.29) is 5.82 Å². The molecular weight excluding hydrogens is 433 g/mol. The van der Waals surface area contributed by atoms with Crippen molar-refractivity contribution < 1.29 is 12.8 Å². The third kappa shape index (κ3) is 5.05. The number of benzene rings is 1. The minimum Gasteiger partial charge on any atom is -0.354 e. The minimum atomic E-state index is -3.44. The summed E-state index contributed by atoms with van der Waals surface area (Å²) in [6.07, 6.45) is 1.75. The molecular formula is C21H26FN7O2S. The van der Waals surface area contributed by atoms with Crippen LogP contribution in [0.25, 0.3) is 5.69 Å². The van der Waals surface area contributed by atoms with Gasteiger partial charge in [0.2, 0.25) is 10.0 Å². The van der Waals surface area contributed by atoms with Crippen LogP contribution in [-0.4, -0.2) is 64.7 Å². The van der Waals surface area contributed by atoms with Crippen LogP contribution in [0.1, 0.15) is 19.5 Å². The van der Waals surface area contributed by atoms with Gasteiger partial charge in [-0.15, -0.1) is 5.10 Å². The molecule has 0 unspecified atom stereocenters. The Balaban J connectivity index is 1.35. The summed E-state index contributed by atoms with van der Waals surface area (Å²) in [4.78, 5) is 8.85. The predicted octanol–water partition coefficient (Wildman–Crippen LogP) is 2.27. The van der Waals surface area contributed by atoms with Gasteiger partial charge in [-0.1, -0.05) is 23.4 Å². The highest BCUT2D eigenvalue weighted by Crippen LogP contribution is 2.19. The molecule has 1 aliphatic heterocycles. The maximum Gasteiger partial charge on any atom is 0.236 e. The molecule has 11 heteroatoms. The van der Waals surface area contributed by atoms with Gasteiger partial charge in [0.05, 0.1) is 17.1 Å². The van der Waals surface area contributed by atoms with E-state index < -0.39 is 15.3 Å². The first kappa shape index (κ1) is 22.2. The van der Waals surface area contributed by atoms with E-state index in [1.807, 2.05) is 6.07 Å². The van der Waals surface area contributed by atoms with E-state index in [2.05, 4.69) is 29.8 Å². The lowest BCUT2D eigenvalue weighted by Gasteiger charge is -2.35. The lowest BCUT2D eigenvalue weighted by atomic mass is 10.3. The first-order valence-electron chi connectivity index (χ1n) is 10.4. The maximum absolute atomic E-state index is 14.0. The van der Waals surface area contributed by atoms with E-state index in [9.17, 15) is 12.8 Å². The average molecular weight is 460 g/mol. The SMILES string of the molecule is CC(C)S(=O)(=O)Nc1cccc(N2CCN(Cc3cn(-c4ccccc4F)nn3)CC2)n1. The van der Waals surface area contributed by atoms with Crippen molar-refractivity contribution in [3.8, 4) is 5.69 Å². The summed E-state index contributed by atoms with van der Waals surface area (Å²) in [7, 11) is -3.44. The number of pyridine rings is 1. The van der Waals surface area contributed by atoms with Crippen LogP contribution in [0.4, 0.5) is 16.0 Å². The number of sulfonamides is 1. The largest absolute Gasteiger partial charge is 0.354 e. The number of hydrogen-bond acceptors (Lipinski definition) is 7. The zero-order valence-corrected chi connectivity index (χ0v) is 18.8. The first-order valence-corrected chi connectivity index (χ1v) is 12.0. The smallest absolute Gasteiger partial charge is 0.236 e. The van der Waals surface area contributed by atoms with Gasteiger partial charge >= 0.3 is 0 Å². The van der Waals surface area contributed by atoms with Crippen molar-refractivity contribution in [2.24, 2.45) is 0 Å². The molecule has 4 rings (SSSR count). The van der Waals surface area contributed by atoms with Gasteiger partial charge in [0.15, 0.2) is 0 Å². The van der Waals surface area contributed by atoms with Gasteiger partial charge in [0, 0.05) is 32.7 Å². The number of piperazine rings is 1. The second-order valence-corrected chi connectivity index (χ2v) is 10.2. The van der Waals surface area contributed by atoms with Crippen LogP contribution < -0.4 is 9.62 Å². The molecule has 170 valence electrons. The number of anilines is 2. The Hall–Kier alpha value is -3.05. The number of nitrogens with one attached hydrogen (secondary N) is 1. The van der Waals surface area contributed by atoms with E-state index in [1.165, 1.54) is 10.7 Å². The number of halogens is 1. The molecule has 1 aromatic carbocycles. The Morgan fingerprint density at radius 1 is 1.06 bits per heavy atom. The Kier molecular flexibility index (Phi) is 6.38. The molecule has 1 fully saturated rings. The molecule has 3 aromatic rings. The molecule has 0 spiro atoms. The maximum atomic E-state index is 14.0. The molecule has 1 aliphatic rings. The van der Waals surface area contributed by atoms with Crippen molar-refractivity contribution in [2.75, 3.05) is 35.8 Å². The standard InChI is InChI=1S/C21H26FN7O2S/c1-16(2)32(30,31)25-20-8-5-9-21(23-20)28-12-10-27(11-13-28)14-17-15-29(26-24-17)19-7-4-3-6-18(19)22/h3-9,15-16H,10-14H2,1-2H3,(H,23,25). The highest BCUT2D eigenvalue weighted by atomic mass is 32.2. The molecule has 0 radical (unpaired) electrons. The van der Waals surface area contributed by atoms with Crippen LogP contribution >= 0.6 is 0 Å². The molecule has 0 amide bonds. The van der Waals surface area contributed by atoms with E-state index in [0.29, 0.717) is 18.1 Å². The van der Waals surface area contributed by atoms with Crippen molar-refractivity contribution in [3.05, 3.63) is 60.2 Å². The van der Waals surface area contributed by atoms with Gasteiger partial charge in [-0.25, -0.2) is 22.5 Å². The number of nitrogens with zero attached hydrogens (tertiary/aromatic N) is 6. The number of rotatable bonds is 7.